The SMILES string of the molecule is Cc1nc(COc2cccc(C(=O)NC3(CC(=O)O)CCCC3)c2)no1. The number of hydrogen-bond donors (Lipinski definition) is 2. The predicted octanol–water partition coefficient (Wildman–Crippen LogP) is 2.47. The van der Waals surface area contributed by atoms with Gasteiger partial charge in [0, 0.05) is 12.5 Å². The van der Waals surface area contributed by atoms with Crippen LogP contribution in [0.2, 0.25) is 0 Å². The van der Waals surface area contributed by atoms with Crippen molar-refractivity contribution in [3.63, 3.8) is 0 Å². The molecule has 1 aliphatic carbocycles. The Morgan fingerprint density at radius 2 is 2.12 bits per heavy atom. The highest BCUT2D eigenvalue weighted by atomic mass is 16.5. The molecule has 1 aromatic heterocycles. The summed E-state index contributed by atoms with van der Waals surface area (Å²) >= 11 is 0. The number of aliphatic carboxylic acids is 1. The maximum Gasteiger partial charge on any atom is 0.305 e. The Hall–Kier alpha value is -2.90. The Morgan fingerprint density at radius 1 is 1.35 bits per heavy atom. The summed E-state index contributed by atoms with van der Waals surface area (Å²) < 4.78 is 10.5. The zero-order valence-corrected chi connectivity index (χ0v) is 14.5. The first-order valence-corrected chi connectivity index (χ1v) is 8.52. The van der Waals surface area contributed by atoms with Crippen LogP contribution < -0.4 is 10.1 Å². The molecule has 8 nitrogen and oxygen atoms in total. The van der Waals surface area contributed by atoms with Crippen LogP contribution in [0.25, 0.3) is 0 Å². The Bertz CT molecular complexity index is 796. The number of carboxylic acid groups (broad SMARTS) is 1. The highest BCUT2D eigenvalue weighted by Crippen LogP contribution is 2.33. The lowest BCUT2D eigenvalue weighted by atomic mass is 9.92. The molecule has 138 valence electrons. The number of rotatable bonds is 7. The average Bonchev–Trinajstić information content (AvgIpc) is 3.22. The number of carboxylic acids is 1. The molecule has 1 aliphatic rings. The summed E-state index contributed by atoms with van der Waals surface area (Å²) in [7, 11) is 0. The van der Waals surface area contributed by atoms with Gasteiger partial charge >= 0.3 is 5.97 Å². The highest BCUT2D eigenvalue weighted by Gasteiger charge is 2.37. The van der Waals surface area contributed by atoms with Crippen LogP contribution in [0.5, 0.6) is 5.75 Å². The van der Waals surface area contributed by atoms with Crippen molar-refractivity contribution >= 4 is 11.9 Å². The van der Waals surface area contributed by atoms with Gasteiger partial charge in [-0.25, -0.2) is 0 Å². The Labute approximate surface area is 150 Å². The molecule has 26 heavy (non-hydrogen) atoms. The molecule has 1 saturated carbocycles. The topological polar surface area (TPSA) is 115 Å². The summed E-state index contributed by atoms with van der Waals surface area (Å²) in [5.41, 5.74) is -0.245. The van der Waals surface area contributed by atoms with E-state index in [1.165, 1.54) is 0 Å². The van der Waals surface area contributed by atoms with Gasteiger partial charge in [-0.15, -0.1) is 0 Å². The van der Waals surface area contributed by atoms with Crippen molar-refractivity contribution in [1.29, 1.82) is 0 Å². The van der Waals surface area contributed by atoms with E-state index in [1.54, 1.807) is 31.2 Å². The Morgan fingerprint density at radius 3 is 2.77 bits per heavy atom. The zero-order chi connectivity index (χ0) is 18.6. The van der Waals surface area contributed by atoms with Crippen LogP contribution in [-0.2, 0) is 11.4 Å². The Balaban J connectivity index is 1.66. The maximum absolute atomic E-state index is 12.6. The summed E-state index contributed by atoms with van der Waals surface area (Å²) in [6.07, 6.45) is 3.13. The molecule has 0 radical (unpaired) electrons. The van der Waals surface area contributed by atoms with Crippen LogP contribution in [0.4, 0.5) is 0 Å². The number of amides is 1. The number of aryl methyl sites for hydroxylation is 1. The normalized spacial score (nSPS) is 15.6. The standard InChI is InChI=1S/C18H21N3O5/c1-12-19-15(21-26-12)11-25-14-6-4-5-13(9-14)17(24)20-18(10-16(22)23)7-2-3-8-18/h4-6,9H,2-3,7-8,10-11H2,1H3,(H,20,24)(H,22,23). The molecule has 1 aromatic carbocycles. The minimum atomic E-state index is -0.903. The van der Waals surface area contributed by atoms with Crippen molar-refractivity contribution in [2.75, 3.05) is 0 Å². The van der Waals surface area contributed by atoms with Gasteiger partial charge in [-0.3, -0.25) is 9.59 Å². The van der Waals surface area contributed by atoms with Crippen LogP contribution in [0, 0.1) is 6.92 Å². The van der Waals surface area contributed by atoms with Crippen molar-refractivity contribution < 1.29 is 24.0 Å². The first-order chi connectivity index (χ1) is 12.5. The largest absolute Gasteiger partial charge is 0.485 e. The molecular formula is C18H21N3O5. The van der Waals surface area contributed by atoms with Crippen LogP contribution in [0.1, 0.15) is 54.2 Å². The predicted molar refractivity (Wildman–Crippen MR) is 90.7 cm³/mol. The molecular weight excluding hydrogens is 338 g/mol. The third kappa shape index (κ3) is 4.38. The quantitative estimate of drug-likeness (QED) is 0.780. The summed E-state index contributed by atoms with van der Waals surface area (Å²) in [5.74, 6) is 0.174. The fourth-order valence-electron chi connectivity index (χ4n) is 3.28. The maximum atomic E-state index is 12.6. The van der Waals surface area contributed by atoms with Gasteiger partial charge in [0.2, 0.25) is 11.7 Å². The first kappa shape index (κ1) is 17.9. The number of ether oxygens (including phenoxy) is 1. The molecule has 0 bridgehead atoms. The fourth-order valence-corrected chi connectivity index (χ4v) is 3.28. The third-order valence-electron chi connectivity index (χ3n) is 4.46. The van der Waals surface area contributed by atoms with Crippen molar-refractivity contribution in [2.45, 2.75) is 51.2 Å². The molecule has 1 amide bonds. The van der Waals surface area contributed by atoms with E-state index >= 15 is 0 Å². The molecule has 1 fully saturated rings. The summed E-state index contributed by atoms with van der Waals surface area (Å²) in [5, 5.41) is 15.8. The molecule has 0 spiro atoms. The lowest BCUT2D eigenvalue weighted by molar-refractivity contribution is -0.138. The third-order valence-corrected chi connectivity index (χ3v) is 4.46. The van der Waals surface area contributed by atoms with Gasteiger partial charge in [-0.2, -0.15) is 4.98 Å². The number of nitrogens with one attached hydrogen (secondary N) is 1. The molecule has 1 heterocycles. The summed E-state index contributed by atoms with van der Waals surface area (Å²) in [4.78, 5) is 27.8. The second-order valence-electron chi connectivity index (χ2n) is 6.56. The number of hydrogen-bond acceptors (Lipinski definition) is 6. The molecule has 8 heteroatoms. The van der Waals surface area contributed by atoms with Gasteiger partial charge in [0.05, 0.1) is 12.0 Å². The lowest BCUT2D eigenvalue weighted by Gasteiger charge is -2.28. The van der Waals surface area contributed by atoms with E-state index in [1.807, 2.05) is 0 Å². The second kappa shape index (κ2) is 7.55. The van der Waals surface area contributed by atoms with E-state index < -0.39 is 11.5 Å². The molecule has 2 N–H and O–H groups in total. The number of carbonyl (C=O) groups excluding carboxylic acids is 1. The van der Waals surface area contributed by atoms with Crippen molar-refractivity contribution in [1.82, 2.24) is 15.5 Å². The van der Waals surface area contributed by atoms with Crippen LogP contribution in [0.15, 0.2) is 28.8 Å². The first-order valence-electron chi connectivity index (χ1n) is 8.52. The van der Waals surface area contributed by atoms with Crippen molar-refractivity contribution in [3.8, 4) is 5.75 Å². The van der Waals surface area contributed by atoms with Crippen molar-refractivity contribution in [3.05, 3.63) is 41.5 Å². The van der Waals surface area contributed by atoms with Gasteiger partial charge in [0.25, 0.3) is 5.91 Å². The zero-order valence-electron chi connectivity index (χ0n) is 14.5. The fraction of sp³-hybridized carbons (Fsp3) is 0.444. The lowest BCUT2D eigenvalue weighted by Crippen LogP contribution is -2.47. The van der Waals surface area contributed by atoms with E-state index in [-0.39, 0.29) is 18.9 Å². The molecule has 0 unspecified atom stereocenters. The molecule has 2 aromatic rings. The number of benzene rings is 1. The minimum Gasteiger partial charge on any atom is -0.485 e. The minimum absolute atomic E-state index is 0.0634. The van der Waals surface area contributed by atoms with E-state index in [9.17, 15) is 9.59 Å². The summed E-state index contributed by atoms with van der Waals surface area (Å²) in [6, 6.07) is 6.73. The highest BCUT2D eigenvalue weighted by molar-refractivity contribution is 5.95. The van der Waals surface area contributed by atoms with E-state index in [0.717, 1.165) is 12.8 Å². The van der Waals surface area contributed by atoms with Crippen LogP contribution in [0.3, 0.4) is 0 Å². The van der Waals surface area contributed by atoms with Gasteiger partial charge in [-0.05, 0) is 31.0 Å². The summed E-state index contributed by atoms with van der Waals surface area (Å²) in [6.45, 7) is 1.82. The van der Waals surface area contributed by atoms with Gasteiger partial charge in [0.1, 0.15) is 5.75 Å². The second-order valence-corrected chi connectivity index (χ2v) is 6.56. The van der Waals surface area contributed by atoms with Crippen LogP contribution in [-0.4, -0.2) is 32.7 Å². The molecule has 0 aliphatic heterocycles. The van der Waals surface area contributed by atoms with E-state index in [2.05, 4.69) is 15.5 Å². The average molecular weight is 359 g/mol. The smallest absolute Gasteiger partial charge is 0.305 e. The van der Waals surface area contributed by atoms with E-state index in [4.69, 9.17) is 14.4 Å². The monoisotopic (exact) mass is 359 g/mol. The molecule has 0 saturated heterocycles. The number of carbonyl (C=O) groups is 2. The molecule has 3 rings (SSSR count). The number of aromatic nitrogens is 2. The number of nitrogens with zero attached hydrogens (tertiary/aromatic N) is 2. The van der Waals surface area contributed by atoms with Gasteiger partial charge in [-0.1, -0.05) is 24.1 Å². The molecule has 0 atom stereocenters. The van der Waals surface area contributed by atoms with Crippen molar-refractivity contribution in [2.24, 2.45) is 0 Å². The van der Waals surface area contributed by atoms with Gasteiger partial charge < -0.3 is 19.7 Å². The Kier molecular flexibility index (Phi) is 5.20. The van der Waals surface area contributed by atoms with Gasteiger partial charge in [0.15, 0.2) is 6.61 Å². The van der Waals surface area contributed by atoms with Crippen LogP contribution >= 0.6 is 0 Å². The van der Waals surface area contributed by atoms with E-state index in [0.29, 0.717) is 35.9 Å².